The van der Waals surface area contributed by atoms with Gasteiger partial charge in [0.15, 0.2) is 0 Å². The van der Waals surface area contributed by atoms with Crippen LogP contribution in [0.4, 0.5) is 0 Å². The van der Waals surface area contributed by atoms with E-state index in [0.717, 1.165) is 10.9 Å². The van der Waals surface area contributed by atoms with Gasteiger partial charge in [0, 0.05) is 41.8 Å². The molecule has 1 fully saturated rings. The molecule has 0 saturated carbocycles. The Bertz CT molecular complexity index is 967. The first kappa shape index (κ1) is 16.3. The summed E-state index contributed by atoms with van der Waals surface area (Å²) < 4.78 is 5.74. The van der Waals surface area contributed by atoms with Gasteiger partial charge in [-0.25, -0.2) is 0 Å². The predicted octanol–water partition coefficient (Wildman–Crippen LogP) is 2.13. The third kappa shape index (κ3) is 2.92. The van der Waals surface area contributed by atoms with Gasteiger partial charge in [0.1, 0.15) is 6.10 Å². The van der Waals surface area contributed by atoms with E-state index in [4.69, 9.17) is 4.74 Å². The zero-order chi connectivity index (χ0) is 18.1. The van der Waals surface area contributed by atoms with Crippen molar-refractivity contribution in [1.82, 2.24) is 20.1 Å². The second-order valence-corrected chi connectivity index (χ2v) is 6.34. The lowest BCUT2D eigenvalue weighted by molar-refractivity contribution is -0.125. The van der Waals surface area contributed by atoms with Crippen molar-refractivity contribution >= 4 is 22.6 Å². The Morgan fingerprint density at radius 3 is 2.88 bits per heavy atom. The smallest absolute Gasteiger partial charge is 0.295 e. The van der Waals surface area contributed by atoms with Gasteiger partial charge in [-0.2, -0.15) is 5.10 Å². The van der Waals surface area contributed by atoms with Gasteiger partial charge in [-0.3, -0.25) is 9.59 Å². The van der Waals surface area contributed by atoms with Crippen LogP contribution < -0.4 is 4.74 Å². The summed E-state index contributed by atoms with van der Waals surface area (Å²) in [6.07, 6.45) is 2.04. The number of ether oxygens (including phenoxy) is 1. The van der Waals surface area contributed by atoms with E-state index in [1.165, 1.54) is 0 Å². The number of fused-ring (bicyclic) bond motifs is 1. The molecule has 2 aromatic heterocycles. The number of benzene rings is 1. The van der Waals surface area contributed by atoms with Crippen LogP contribution >= 0.6 is 0 Å². The molecule has 26 heavy (non-hydrogen) atoms. The number of aromatic amines is 1. The number of likely N-dealkylation sites (tertiary alicyclic amines) is 1. The minimum atomic E-state index is -0.497. The lowest BCUT2D eigenvalue weighted by Gasteiger charge is -2.16. The fourth-order valence-corrected chi connectivity index (χ4v) is 3.35. The number of rotatable bonds is 4. The minimum absolute atomic E-state index is 0.187. The number of aryl methyl sites for hydroxylation is 1. The van der Waals surface area contributed by atoms with Crippen molar-refractivity contribution in [1.29, 1.82) is 0 Å². The zero-order valence-electron chi connectivity index (χ0n) is 14.3. The number of hydrogen-bond acceptors (Lipinski definition) is 5. The van der Waals surface area contributed by atoms with Gasteiger partial charge in [0.25, 0.3) is 11.7 Å². The van der Waals surface area contributed by atoms with Crippen LogP contribution in [0.1, 0.15) is 22.5 Å². The van der Waals surface area contributed by atoms with Gasteiger partial charge >= 0.3 is 0 Å². The van der Waals surface area contributed by atoms with Gasteiger partial charge < -0.3 is 14.6 Å². The molecule has 0 aliphatic carbocycles. The molecule has 0 spiro atoms. The molecule has 1 saturated heterocycles. The third-order valence-corrected chi connectivity index (χ3v) is 4.58. The molecule has 7 nitrogen and oxygen atoms in total. The van der Waals surface area contributed by atoms with Crippen molar-refractivity contribution in [2.75, 3.05) is 13.1 Å². The van der Waals surface area contributed by atoms with Crippen LogP contribution in [0.25, 0.3) is 10.9 Å². The minimum Gasteiger partial charge on any atom is -0.471 e. The molecule has 0 bridgehead atoms. The largest absolute Gasteiger partial charge is 0.471 e. The quantitative estimate of drug-likeness (QED) is 0.575. The molecule has 3 heterocycles. The maximum Gasteiger partial charge on any atom is 0.295 e. The molecular formula is C19H18N4O3. The summed E-state index contributed by atoms with van der Waals surface area (Å²) in [6, 6.07) is 11.0. The van der Waals surface area contributed by atoms with Gasteiger partial charge in [0.2, 0.25) is 5.88 Å². The van der Waals surface area contributed by atoms with Crippen molar-refractivity contribution in [2.45, 2.75) is 19.4 Å². The molecule has 1 amide bonds. The summed E-state index contributed by atoms with van der Waals surface area (Å²) in [6.45, 7) is 2.66. The van der Waals surface area contributed by atoms with E-state index < -0.39 is 11.7 Å². The van der Waals surface area contributed by atoms with Crippen LogP contribution in [0.3, 0.4) is 0 Å². The van der Waals surface area contributed by atoms with Gasteiger partial charge in [-0.1, -0.05) is 18.2 Å². The number of Topliss-reactive ketones (excluding diaryl/α,β-unsaturated/α-hetero) is 1. The number of hydrogen-bond donors (Lipinski definition) is 1. The van der Waals surface area contributed by atoms with E-state index in [1.54, 1.807) is 23.2 Å². The number of carbonyl (C=O) groups is 2. The molecule has 1 aliphatic heterocycles. The number of para-hydroxylation sites is 1. The summed E-state index contributed by atoms with van der Waals surface area (Å²) in [5.74, 6) is -0.561. The highest BCUT2D eigenvalue weighted by atomic mass is 16.5. The molecule has 1 N–H and O–H groups in total. The molecule has 132 valence electrons. The highest BCUT2D eigenvalue weighted by molar-refractivity contribution is 6.45. The maximum atomic E-state index is 12.8. The Hall–Kier alpha value is -3.22. The SMILES string of the molecule is Cc1[nH]c2ccccc2c1C(=O)C(=O)N1CCC(Oc2cccnn2)C1. The Balaban J connectivity index is 1.49. The number of H-pyrrole nitrogens is 1. The van der Waals surface area contributed by atoms with Crippen LogP contribution in [0, 0.1) is 6.92 Å². The number of amides is 1. The van der Waals surface area contributed by atoms with Crippen molar-refractivity contribution in [3.8, 4) is 5.88 Å². The number of aromatic nitrogens is 3. The molecule has 1 unspecified atom stereocenters. The first-order valence-electron chi connectivity index (χ1n) is 8.49. The second kappa shape index (κ2) is 6.59. The van der Waals surface area contributed by atoms with Gasteiger partial charge in [-0.15, -0.1) is 5.10 Å². The monoisotopic (exact) mass is 350 g/mol. The van der Waals surface area contributed by atoms with E-state index in [1.807, 2.05) is 31.2 Å². The fraction of sp³-hybridized carbons (Fsp3) is 0.263. The summed E-state index contributed by atoms with van der Waals surface area (Å²) in [5.41, 5.74) is 2.01. The van der Waals surface area contributed by atoms with Crippen LogP contribution in [-0.4, -0.2) is 51.0 Å². The number of nitrogens with zero attached hydrogens (tertiary/aromatic N) is 3. The highest BCUT2D eigenvalue weighted by Crippen LogP contribution is 2.24. The van der Waals surface area contributed by atoms with Crippen molar-refractivity contribution in [3.63, 3.8) is 0 Å². The topological polar surface area (TPSA) is 88.2 Å². The first-order valence-corrected chi connectivity index (χ1v) is 8.49. The van der Waals surface area contributed by atoms with E-state index in [9.17, 15) is 9.59 Å². The Kier molecular flexibility index (Phi) is 4.12. The summed E-state index contributed by atoms with van der Waals surface area (Å²) in [5, 5.41) is 8.43. The van der Waals surface area contributed by atoms with Crippen molar-refractivity contribution in [3.05, 3.63) is 53.9 Å². The van der Waals surface area contributed by atoms with Crippen LogP contribution in [0.15, 0.2) is 42.6 Å². The summed E-state index contributed by atoms with van der Waals surface area (Å²) >= 11 is 0. The van der Waals surface area contributed by atoms with E-state index in [0.29, 0.717) is 36.6 Å². The predicted molar refractivity (Wildman–Crippen MR) is 95.0 cm³/mol. The Morgan fingerprint density at radius 1 is 1.23 bits per heavy atom. The molecular weight excluding hydrogens is 332 g/mol. The Morgan fingerprint density at radius 2 is 2.08 bits per heavy atom. The van der Waals surface area contributed by atoms with Crippen LogP contribution in [-0.2, 0) is 4.79 Å². The first-order chi connectivity index (χ1) is 12.6. The van der Waals surface area contributed by atoms with Crippen LogP contribution in [0.5, 0.6) is 5.88 Å². The fourth-order valence-electron chi connectivity index (χ4n) is 3.35. The molecule has 7 heteroatoms. The molecule has 1 aromatic carbocycles. The number of nitrogens with one attached hydrogen (secondary N) is 1. The normalized spacial score (nSPS) is 16.8. The molecule has 4 rings (SSSR count). The number of carbonyl (C=O) groups excluding carboxylic acids is 2. The number of ketones is 1. The Labute approximate surface area is 150 Å². The standard InChI is InChI=1S/C19H18N4O3/c1-12-17(14-5-2-3-6-15(14)21-12)18(24)19(25)23-10-8-13(11-23)26-16-7-4-9-20-22-16/h2-7,9,13,21H,8,10-11H2,1H3. The highest BCUT2D eigenvalue weighted by Gasteiger charge is 2.33. The van der Waals surface area contributed by atoms with Gasteiger partial charge in [-0.05, 0) is 19.1 Å². The lowest BCUT2D eigenvalue weighted by atomic mass is 10.1. The maximum absolute atomic E-state index is 12.8. The van der Waals surface area contributed by atoms with Crippen molar-refractivity contribution < 1.29 is 14.3 Å². The molecule has 3 aromatic rings. The van der Waals surface area contributed by atoms with E-state index in [2.05, 4.69) is 15.2 Å². The average Bonchev–Trinajstić information content (AvgIpc) is 3.25. The van der Waals surface area contributed by atoms with Gasteiger partial charge in [0.05, 0.1) is 12.1 Å². The van der Waals surface area contributed by atoms with Crippen LogP contribution in [0.2, 0.25) is 0 Å². The van der Waals surface area contributed by atoms with Crippen molar-refractivity contribution in [2.24, 2.45) is 0 Å². The average molecular weight is 350 g/mol. The molecule has 1 atom stereocenters. The van der Waals surface area contributed by atoms with E-state index >= 15 is 0 Å². The summed E-state index contributed by atoms with van der Waals surface area (Å²) in [4.78, 5) is 30.2. The molecule has 0 radical (unpaired) electrons. The summed E-state index contributed by atoms with van der Waals surface area (Å²) in [7, 11) is 0. The second-order valence-electron chi connectivity index (χ2n) is 6.34. The molecule has 1 aliphatic rings. The zero-order valence-corrected chi connectivity index (χ0v) is 14.3. The third-order valence-electron chi connectivity index (χ3n) is 4.58. The van der Waals surface area contributed by atoms with E-state index in [-0.39, 0.29) is 6.10 Å². The lowest BCUT2D eigenvalue weighted by Crippen LogP contribution is -2.36.